The lowest BCUT2D eigenvalue weighted by atomic mass is 9.96. The van der Waals surface area contributed by atoms with Crippen LogP contribution in [-0.4, -0.2) is 39.8 Å². The van der Waals surface area contributed by atoms with E-state index in [0.717, 1.165) is 6.07 Å². The third kappa shape index (κ3) is 5.00. The van der Waals surface area contributed by atoms with E-state index in [1.165, 1.54) is 11.0 Å². The first-order valence-corrected chi connectivity index (χ1v) is 10.6. The summed E-state index contributed by atoms with van der Waals surface area (Å²) >= 11 is 0. The number of imidazole rings is 1. The van der Waals surface area contributed by atoms with Crippen molar-refractivity contribution in [3.63, 3.8) is 0 Å². The molecule has 176 valence electrons. The van der Waals surface area contributed by atoms with Gasteiger partial charge in [-0.15, -0.1) is 0 Å². The molecule has 1 aromatic carbocycles. The predicted molar refractivity (Wildman–Crippen MR) is 114 cm³/mol. The Kier molecular flexibility index (Phi) is 6.13. The maximum absolute atomic E-state index is 13.7. The van der Waals surface area contributed by atoms with Crippen LogP contribution in [0.5, 0.6) is 0 Å². The van der Waals surface area contributed by atoms with Crippen LogP contribution >= 0.6 is 0 Å². The molecule has 1 fully saturated rings. The van der Waals surface area contributed by atoms with Crippen molar-refractivity contribution in [3.8, 4) is 0 Å². The number of amides is 1. The second-order valence-electron chi connectivity index (χ2n) is 8.18. The lowest BCUT2D eigenvalue weighted by Gasteiger charge is -2.32. The molecule has 1 amide bonds. The molecule has 0 spiro atoms. The maximum atomic E-state index is 13.7. The van der Waals surface area contributed by atoms with E-state index in [-0.39, 0.29) is 55.2 Å². The molecule has 3 N–H and O–H groups in total. The standard InChI is InChI=1S/C23H23F5N4O/c24-22(25)7-9-32(10-8-22)21(33)15-4-2-1-3-14(5-6-15)16-11-17(23(26,27)28)20-18(12-16)30-19(13-29)31-20/h3-6,11-12H,1-2,7-10,13,29H2,(H,30,31)/b6-5-,14-3+,15-4+. The smallest absolute Gasteiger partial charge is 0.341 e. The van der Waals surface area contributed by atoms with Crippen LogP contribution in [0.1, 0.15) is 42.6 Å². The SMILES string of the molecule is NCc1nc2c(C(F)(F)F)cc(C3=C/CC\C=C(C(=O)N4CCC(F)(F)CC4)/C=C\3)cc2[nH]1. The molecule has 0 radical (unpaired) electrons. The number of hydrogen-bond donors (Lipinski definition) is 2. The van der Waals surface area contributed by atoms with Crippen molar-refractivity contribution >= 4 is 22.5 Å². The molecule has 33 heavy (non-hydrogen) atoms. The van der Waals surface area contributed by atoms with Crippen LogP contribution in [0.4, 0.5) is 22.0 Å². The molecule has 5 nitrogen and oxygen atoms in total. The summed E-state index contributed by atoms with van der Waals surface area (Å²) in [4.78, 5) is 21.0. The number of fused-ring (bicyclic) bond motifs is 1. The van der Waals surface area contributed by atoms with Gasteiger partial charge in [0.2, 0.25) is 0 Å². The van der Waals surface area contributed by atoms with E-state index < -0.39 is 17.7 Å². The summed E-state index contributed by atoms with van der Waals surface area (Å²) in [7, 11) is 0. The summed E-state index contributed by atoms with van der Waals surface area (Å²) in [5.41, 5.74) is 5.87. The number of nitrogens with one attached hydrogen (secondary N) is 1. The van der Waals surface area contributed by atoms with Gasteiger partial charge in [0.05, 0.1) is 17.6 Å². The Morgan fingerprint density at radius 3 is 2.48 bits per heavy atom. The largest absolute Gasteiger partial charge is 0.418 e. The number of hydrogen-bond acceptors (Lipinski definition) is 3. The number of H-pyrrole nitrogens is 1. The Balaban J connectivity index is 1.64. The number of aromatic amines is 1. The molecule has 0 bridgehead atoms. The number of carbonyl (C=O) groups is 1. The van der Waals surface area contributed by atoms with Gasteiger partial charge >= 0.3 is 6.18 Å². The summed E-state index contributed by atoms with van der Waals surface area (Å²) < 4.78 is 68.0. The van der Waals surface area contributed by atoms with Crippen molar-refractivity contribution in [1.82, 2.24) is 14.9 Å². The molecule has 1 aromatic heterocycles. The van der Waals surface area contributed by atoms with Crippen molar-refractivity contribution < 1.29 is 26.7 Å². The molecule has 1 aliphatic carbocycles. The van der Waals surface area contributed by atoms with Gasteiger partial charge in [0, 0.05) is 31.5 Å². The van der Waals surface area contributed by atoms with Gasteiger partial charge in [-0.3, -0.25) is 4.79 Å². The average Bonchev–Trinajstić information content (AvgIpc) is 3.15. The number of likely N-dealkylation sites (tertiary alicyclic amines) is 1. The molecule has 0 atom stereocenters. The Bertz CT molecular complexity index is 1150. The highest BCUT2D eigenvalue weighted by molar-refractivity contribution is 5.97. The number of carbonyl (C=O) groups excluding carboxylic acids is 1. The zero-order valence-electron chi connectivity index (χ0n) is 17.7. The Labute approximate surface area is 186 Å². The summed E-state index contributed by atoms with van der Waals surface area (Å²) in [6, 6.07) is 2.62. The molecule has 4 rings (SSSR count). The molecule has 1 saturated heterocycles. The van der Waals surface area contributed by atoms with Crippen molar-refractivity contribution in [2.45, 2.75) is 44.3 Å². The molecule has 10 heteroatoms. The predicted octanol–water partition coefficient (Wildman–Crippen LogP) is 4.96. The van der Waals surface area contributed by atoms with E-state index in [1.54, 1.807) is 24.3 Å². The van der Waals surface area contributed by atoms with Crippen LogP contribution in [0.3, 0.4) is 0 Å². The first kappa shape index (κ1) is 23.2. The van der Waals surface area contributed by atoms with Crippen molar-refractivity contribution in [2.75, 3.05) is 13.1 Å². The van der Waals surface area contributed by atoms with Crippen LogP contribution in [0.15, 0.2) is 42.0 Å². The van der Waals surface area contributed by atoms with Gasteiger partial charge in [-0.1, -0.05) is 18.2 Å². The number of piperidine rings is 1. The molecule has 0 unspecified atom stereocenters. The monoisotopic (exact) mass is 466 g/mol. The van der Waals surface area contributed by atoms with Crippen LogP contribution < -0.4 is 5.73 Å². The number of halogens is 5. The molecule has 2 aliphatic rings. The summed E-state index contributed by atoms with van der Waals surface area (Å²) in [6.45, 7) is -0.0914. The minimum absolute atomic E-state index is 0.0252. The van der Waals surface area contributed by atoms with E-state index >= 15 is 0 Å². The fourth-order valence-electron chi connectivity index (χ4n) is 4.03. The minimum atomic E-state index is -4.61. The van der Waals surface area contributed by atoms with E-state index in [0.29, 0.717) is 29.6 Å². The molecule has 0 saturated carbocycles. The normalized spacial score (nSPS) is 23.3. The molecule has 2 aromatic rings. The van der Waals surface area contributed by atoms with Crippen molar-refractivity contribution in [1.29, 1.82) is 0 Å². The molecular weight excluding hydrogens is 443 g/mol. The minimum Gasteiger partial charge on any atom is -0.341 e. The van der Waals surface area contributed by atoms with Crippen molar-refractivity contribution in [3.05, 3.63) is 59.0 Å². The fraction of sp³-hybridized carbons (Fsp3) is 0.391. The van der Waals surface area contributed by atoms with Crippen LogP contribution in [-0.2, 0) is 17.5 Å². The van der Waals surface area contributed by atoms with E-state index in [4.69, 9.17) is 5.73 Å². The van der Waals surface area contributed by atoms with Gasteiger partial charge in [0.25, 0.3) is 11.8 Å². The van der Waals surface area contributed by atoms with Gasteiger partial charge in [-0.05, 0) is 42.2 Å². The molecular formula is C23H23F5N4O. The van der Waals surface area contributed by atoms with Gasteiger partial charge in [-0.25, -0.2) is 13.8 Å². The van der Waals surface area contributed by atoms with Crippen molar-refractivity contribution in [2.24, 2.45) is 5.73 Å². The number of nitrogens with zero attached hydrogens (tertiary/aromatic N) is 2. The highest BCUT2D eigenvalue weighted by Gasteiger charge is 2.36. The number of rotatable bonds is 3. The molecule has 2 heterocycles. The number of nitrogens with two attached hydrogens (primary N) is 1. The zero-order chi connectivity index (χ0) is 23.8. The van der Waals surface area contributed by atoms with Gasteiger partial charge in [0.1, 0.15) is 11.3 Å². The third-order valence-electron chi connectivity index (χ3n) is 5.83. The topological polar surface area (TPSA) is 75.0 Å². The number of alkyl halides is 5. The molecule has 1 aliphatic heterocycles. The maximum Gasteiger partial charge on any atom is 0.418 e. The summed E-state index contributed by atoms with van der Waals surface area (Å²) in [5.74, 6) is -2.86. The first-order valence-electron chi connectivity index (χ1n) is 10.6. The Morgan fingerprint density at radius 1 is 1.12 bits per heavy atom. The Hall–Kier alpha value is -3.01. The summed E-state index contributed by atoms with van der Waals surface area (Å²) in [5, 5.41) is 0. The number of benzene rings is 1. The van der Waals surface area contributed by atoms with E-state index in [2.05, 4.69) is 9.97 Å². The number of aromatic nitrogens is 2. The van der Waals surface area contributed by atoms with Crippen LogP contribution in [0.2, 0.25) is 0 Å². The highest BCUT2D eigenvalue weighted by Crippen LogP contribution is 2.37. The fourth-order valence-corrected chi connectivity index (χ4v) is 4.03. The quantitative estimate of drug-likeness (QED) is 0.628. The lowest BCUT2D eigenvalue weighted by molar-refractivity contribution is -0.136. The second kappa shape index (κ2) is 8.74. The van der Waals surface area contributed by atoms with Crippen LogP contribution in [0, 0.1) is 0 Å². The van der Waals surface area contributed by atoms with Gasteiger partial charge in [-0.2, -0.15) is 13.2 Å². The zero-order valence-corrected chi connectivity index (χ0v) is 17.7. The first-order chi connectivity index (χ1) is 15.6. The summed E-state index contributed by atoms with van der Waals surface area (Å²) in [6.07, 6.45) is 2.28. The highest BCUT2D eigenvalue weighted by atomic mass is 19.4. The Morgan fingerprint density at radius 2 is 1.82 bits per heavy atom. The number of allylic oxidation sites excluding steroid dienone is 4. The third-order valence-corrected chi connectivity index (χ3v) is 5.83. The van der Waals surface area contributed by atoms with Gasteiger partial charge < -0.3 is 15.6 Å². The second-order valence-corrected chi connectivity index (χ2v) is 8.18. The van der Waals surface area contributed by atoms with E-state index in [9.17, 15) is 26.7 Å². The lowest BCUT2D eigenvalue weighted by Crippen LogP contribution is -2.43. The van der Waals surface area contributed by atoms with Gasteiger partial charge in [0.15, 0.2) is 0 Å². The average molecular weight is 466 g/mol. The van der Waals surface area contributed by atoms with E-state index in [1.807, 2.05) is 0 Å². The van der Waals surface area contributed by atoms with Crippen LogP contribution in [0.25, 0.3) is 16.6 Å².